The van der Waals surface area contributed by atoms with E-state index in [4.69, 9.17) is 0 Å². The van der Waals surface area contributed by atoms with Gasteiger partial charge in [0, 0.05) is 0 Å². The number of rotatable bonds is 17. The standard InChI is InChI=1S/C16H36N.C10H19N2.BrH.ClH/c1-5-9-13-17(14-10-6-2,15-11-7-3)16-12-8-4;1-3-4-5-6-7-12-9-8-11(2)10-12;;/h5-16H2,1-4H3;8-10H,3-7H2,1-2H3;2*1H/q2*+1;;/p-2. The first-order valence-electron chi connectivity index (χ1n) is 12.9. The van der Waals surface area contributed by atoms with E-state index in [1.807, 2.05) is 0 Å². The Hall–Kier alpha value is -0.0600. The van der Waals surface area contributed by atoms with Crippen LogP contribution in [0.1, 0.15) is 112 Å². The molecule has 1 aromatic heterocycles. The fourth-order valence-corrected chi connectivity index (χ4v) is 4.00. The average molecular weight is 525 g/mol. The fraction of sp³-hybridized carbons (Fsp3) is 0.885. The van der Waals surface area contributed by atoms with Crippen LogP contribution in [0, 0.1) is 0 Å². The summed E-state index contributed by atoms with van der Waals surface area (Å²) in [7, 11) is 2.06. The van der Waals surface area contributed by atoms with Gasteiger partial charge in [-0.15, -0.1) is 0 Å². The monoisotopic (exact) mass is 523 g/mol. The van der Waals surface area contributed by atoms with Gasteiger partial charge in [0.25, 0.3) is 0 Å². The Labute approximate surface area is 212 Å². The molecule has 1 aromatic rings. The molecule has 0 aliphatic rings. The van der Waals surface area contributed by atoms with E-state index in [2.05, 4.69) is 69.5 Å². The van der Waals surface area contributed by atoms with Crippen molar-refractivity contribution < 1.29 is 38.4 Å². The highest BCUT2D eigenvalue weighted by Crippen LogP contribution is 2.16. The zero-order valence-electron chi connectivity index (χ0n) is 21.9. The minimum absolute atomic E-state index is 0. The molecule has 0 aliphatic carbocycles. The molecule has 0 aliphatic heterocycles. The van der Waals surface area contributed by atoms with Crippen molar-refractivity contribution in [1.82, 2.24) is 4.57 Å². The maximum absolute atomic E-state index is 2.33. The zero-order valence-corrected chi connectivity index (χ0v) is 24.2. The van der Waals surface area contributed by atoms with Crippen LogP contribution in [0.15, 0.2) is 18.7 Å². The first-order valence-corrected chi connectivity index (χ1v) is 12.9. The normalized spacial score (nSPS) is 10.6. The Morgan fingerprint density at radius 2 is 1.06 bits per heavy atom. The highest BCUT2D eigenvalue weighted by molar-refractivity contribution is 4.61. The lowest BCUT2D eigenvalue weighted by atomic mass is 10.1. The van der Waals surface area contributed by atoms with Crippen LogP contribution >= 0.6 is 0 Å². The second-order valence-electron chi connectivity index (χ2n) is 9.03. The van der Waals surface area contributed by atoms with Gasteiger partial charge in [0.05, 0.1) is 39.8 Å². The molecule has 0 N–H and O–H groups in total. The topological polar surface area (TPSA) is 8.81 Å². The molecule has 5 heteroatoms. The number of hydrogen-bond donors (Lipinski definition) is 0. The Bertz CT molecular complexity index is 428. The van der Waals surface area contributed by atoms with Crippen molar-refractivity contribution >= 4 is 0 Å². The summed E-state index contributed by atoms with van der Waals surface area (Å²) < 4.78 is 5.75. The molecule has 3 nitrogen and oxygen atoms in total. The summed E-state index contributed by atoms with van der Waals surface area (Å²) in [5.41, 5.74) is 0. The van der Waals surface area contributed by atoms with Crippen molar-refractivity contribution in [3.63, 3.8) is 0 Å². The van der Waals surface area contributed by atoms with Crippen molar-refractivity contribution in [1.29, 1.82) is 0 Å². The summed E-state index contributed by atoms with van der Waals surface area (Å²) in [6.45, 7) is 18.4. The molecule has 1 heterocycles. The van der Waals surface area contributed by atoms with Crippen molar-refractivity contribution in [3.05, 3.63) is 18.7 Å². The van der Waals surface area contributed by atoms with Gasteiger partial charge in [-0.3, -0.25) is 0 Å². The highest BCUT2D eigenvalue weighted by Gasteiger charge is 2.24. The van der Waals surface area contributed by atoms with E-state index in [1.165, 1.54) is 114 Å². The minimum atomic E-state index is 0. The molecule has 0 aromatic carbocycles. The van der Waals surface area contributed by atoms with Crippen LogP contribution in [-0.4, -0.2) is 35.2 Å². The third-order valence-electron chi connectivity index (χ3n) is 6.04. The van der Waals surface area contributed by atoms with Gasteiger partial charge in [-0.05, 0) is 38.5 Å². The lowest BCUT2D eigenvalue weighted by Crippen LogP contribution is -3.00. The largest absolute Gasteiger partial charge is 1.00 e. The summed E-state index contributed by atoms with van der Waals surface area (Å²) in [5.74, 6) is 0. The maximum Gasteiger partial charge on any atom is 0.243 e. The lowest BCUT2D eigenvalue weighted by molar-refractivity contribution is -0.929. The molecule has 0 unspecified atom stereocenters. The molecule has 31 heavy (non-hydrogen) atoms. The van der Waals surface area contributed by atoms with Crippen molar-refractivity contribution in [2.75, 3.05) is 26.2 Å². The molecule has 0 atom stereocenters. The van der Waals surface area contributed by atoms with E-state index in [1.54, 1.807) is 0 Å². The number of unbranched alkanes of at least 4 members (excludes halogenated alkanes) is 7. The third kappa shape index (κ3) is 19.1. The van der Waals surface area contributed by atoms with Gasteiger partial charge in [0.15, 0.2) is 0 Å². The van der Waals surface area contributed by atoms with Gasteiger partial charge >= 0.3 is 0 Å². The fourth-order valence-electron chi connectivity index (χ4n) is 4.00. The smallest absolute Gasteiger partial charge is 0.243 e. The number of halogens is 2. The molecule has 188 valence electrons. The van der Waals surface area contributed by atoms with Crippen LogP contribution in [0.2, 0.25) is 0 Å². The van der Waals surface area contributed by atoms with Crippen LogP contribution in [0.4, 0.5) is 0 Å². The first kappa shape index (κ1) is 35.5. The Morgan fingerprint density at radius 1 is 0.645 bits per heavy atom. The van der Waals surface area contributed by atoms with Crippen molar-refractivity contribution in [2.45, 2.75) is 118 Å². The van der Waals surface area contributed by atoms with E-state index in [-0.39, 0.29) is 29.4 Å². The molecular weight excluding hydrogens is 470 g/mol. The van der Waals surface area contributed by atoms with Gasteiger partial charge in [-0.2, -0.15) is 0 Å². The van der Waals surface area contributed by atoms with E-state index in [9.17, 15) is 0 Å². The van der Waals surface area contributed by atoms with Gasteiger partial charge in [-0.1, -0.05) is 73.1 Å². The number of nitrogens with zero attached hydrogens (tertiary/aromatic N) is 3. The molecule has 0 bridgehead atoms. The van der Waals surface area contributed by atoms with E-state index < -0.39 is 0 Å². The van der Waals surface area contributed by atoms with Crippen LogP contribution < -0.4 is 34.0 Å². The Morgan fingerprint density at radius 3 is 1.39 bits per heavy atom. The van der Waals surface area contributed by atoms with Crippen LogP contribution in [0.5, 0.6) is 0 Å². The van der Waals surface area contributed by atoms with Crippen LogP contribution in [0.3, 0.4) is 0 Å². The van der Waals surface area contributed by atoms with Gasteiger partial charge in [0.1, 0.15) is 12.4 Å². The van der Waals surface area contributed by atoms with Gasteiger partial charge in [-0.25, -0.2) is 9.13 Å². The number of imidazole rings is 1. The van der Waals surface area contributed by atoms with Crippen LogP contribution in [-0.2, 0) is 13.6 Å². The van der Waals surface area contributed by atoms with Gasteiger partial charge < -0.3 is 33.9 Å². The highest BCUT2D eigenvalue weighted by atomic mass is 79.9. The number of aryl methyl sites for hydroxylation is 2. The summed E-state index contributed by atoms with van der Waals surface area (Å²) >= 11 is 0. The number of hydrogen-bond acceptors (Lipinski definition) is 0. The van der Waals surface area contributed by atoms with E-state index in [0.29, 0.717) is 0 Å². The summed E-state index contributed by atoms with van der Waals surface area (Å²) in [5, 5.41) is 0. The molecule has 1 rings (SSSR count). The SMILES string of the molecule is CCCCCC[n+]1ccn(C)c1.CCCC[N+](CCCC)(CCCC)CCCC.[Br-].[Cl-]. The average Bonchev–Trinajstić information content (AvgIpc) is 3.16. The lowest BCUT2D eigenvalue weighted by Gasteiger charge is -2.39. The Kier molecular flexibility index (Phi) is 28.2. The van der Waals surface area contributed by atoms with Crippen molar-refractivity contribution in [2.24, 2.45) is 7.05 Å². The summed E-state index contributed by atoms with van der Waals surface area (Å²) in [4.78, 5) is 0. The molecular formula is C26H55BrClN3. The quantitative estimate of drug-likeness (QED) is 0.163. The predicted octanol–water partition coefficient (Wildman–Crippen LogP) is 0.905. The molecule has 0 amide bonds. The third-order valence-corrected chi connectivity index (χ3v) is 6.04. The van der Waals surface area contributed by atoms with E-state index in [0.717, 1.165) is 0 Å². The second kappa shape index (κ2) is 24.6. The minimum Gasteiger partial charge on any atom is -1.00 e. The molecule has 0 spiro atoms. The Balaban J connectivity index is -0.000000497. The predicted molar refractivity (Wildman–Crippen MR) is 129 cm³/mol. The molecule has 0 fully saturated rings. The zero-order chi connectivity index (χ0) is 21.8. The molecule has 0 saturated heterocycles. The number of quaternary nitrogens is 1. The number of aromatic nitrogens is 2. The van der Waals surface area contributed by atoms with E-state index >= 15 is 0 Å². The first-order chi connectivity index (χ1) is 14.1. The molecule has 0 radical (unpaired) electrons. The van der Waals surface area contributed by atoms with Gasteiger partial charge in [0.2, 0.25) is 6.33 Å². The van der Waals surface area contributed by atoms with Crippen molar-refractivity contribution in [3.8, 4) is 0 Å². The summed E-state index contributed by atoms with van der Waals surface area (Å²) in [6, 6.07) is 0. The molecule has 0 saturated carbocycles. The van der Waals surface area contributed by atoms with Crippen LogP contribution in [0.25, 0.3) is 0 Å². The summed E-state index contributed by atoms with van der Waals surface area (Å²) in [6.07, 6.45) is 22.8. The second-order valence-corrected chi connectivity index (χ2v) is 9.03. The maximum atomic E-state index is 2.33.